The molecule has 0 saturated heterocycles. The fraction of sp³-hybridized carbons (Fsp3) is 0.500. The molecule has 1 aliphatic rings. The van der Waals surface area contributed by atoms with Gasteiger partial charge in [0.15, 0.2) is 0 Å². The molecule has 0 bridgehead atoms. The van der Waals surface area contributed by atoms with E-state index in [1.807, 2.05) is 31.3 Å². The summed E-state index contributed by atoms with van der Waals surface area (Å²) in [6.07, 6.45) is 3.96. The van der Waals surface area contributed by atoms with Crippen molar-refractivity contribution in [2.24, 2.45) is 5.92 Å². The molecule has 1 aromatic carbocycles. The molecular formula is C14H19NO2. The van der Waals surface area contributed by atoms with Gasteiger partial charge in [0.1, 0.15) is 0 Å². The molecule has 1 aromatic rings. The predicted molar refractivity (Wildman–Crippen MR) is 68.4 cm³/mol. The van der Waals surface area contributed by atoms with Crippen LogP contribution in [0.4, 0.5) is 5.69 Å². The third-order valence-corrected chi connectivity index (χ3v) is 3.48. The van der Waals surface area contributed by atoms with Crippen molar-refractivity contribution in [1.82, 2.24) is 0 Å². The van der Waals surface area contributed by atoms with Gasteiger partial charge < -0.3 is 9.64 Å². The zero-order valence-electron chi connectivity index (χ0n) is 10.5. The minimum atomic E-state index is -0.263. The Hall–Kier alpha value is -1.51. The molecule has 0 unspecified atom stereocenters. The lowest BCUT2D eigenvalue weighted by molar-refractivity contribution is 0.0601. The summed E-state index contributed by atoms with van der Waals surface area (Å²) in [6.45, 7) is 1.02. The van der Waals surface area contributed by atoms with Crippen LogP contribution in [0.2, 0.25) is 0 Å². The second-order valence-electron chi connectivity index (χ2n) is 4.69. The van der Waals surface area contributed by atoms with Gasteiger partial charge in [-0.1, -0.05) is 18.6 Å². The van der Waals surface area contributed by atoms with E-state index in [1.54, 1.807) is 0 Å². The van der Waals surface area contributed by atoms with E-state index in [4.69, 9.17) is 4.74 Å². The highest BCUT2D eigenvalue weighted by atomic mass is 16.5. The topological polar surface area (TPSA) is 29.5 Å². The highest BCUT2D eigenvalue weighted by molar-refractivity contribution is 5.95. The molecule has 3 nitrogen and oxygen atoms in total. The van der Waals surface area contributed by atoms with Gasteiger partial charge in [-0.2, -0.15) is 0 Å². The molecule has 0 aromatic heterocycles. The van der Waals surface area contributed by atoms with Crippen LogP contribution in [0.3, 0.4) is 0 Å². The van der Waals surface area contributed by atoms with E-state index in [-0.39, 0.29) is 5.97 Å². The highest BCUT2D eigenvalue weighted by Crippen LogP contribution is 2.29. The van der Waals surface area contributed by atoms with Crippen LogP contribution >= 0.6 is 0 Å². The maximum absolute atomic E-state index is 11.7. The van der Waals surface area contributed by atoms with Crippen molar-refractivity contribution in [3.8, 4) is 0 Å². The minimum Gasteiger partial charge on any atom is -0.465 e. The number of benzene rings is 1. The molecule has 1 fully saturated rings. The second kappa shape index (κ2) is 5.21. The third-order valence-electron chi connectivity index (χ3n) is 3.48. The van der Waals surface area contributed by atoms with Gasteiger partial charge in [0.25, 0.3) is 0 Å². The molecule has 0 aliphatic heterocycles. The van der Waals surface area contributed by atoms with Crippen LogP contribution in [-0.4, -0.2) is 26.7 Å². The Balaban J connectivity index is 2.15. The molecule has 0 N–H and O–H groups in total. The SMILES string of the molecule is COC(=O)c1ccccc1N(C)CC1CCC1. The lowest BCUT2D eigenvalue weighted by Crippen LogP contribution is -2.30. The van der Waals surface area contributed by atoms with E-state index in [1.165, 1.54) is 26.4 Å². The standard InChI is InChI=1S/C14H19NO2/c1-15(10-11-6-5-7-11)13-9-4-3-8-12(13)14(16)17-2/h3-4,8-9,11H,5-7,10H2,1-2H3. The Morgan fingerprint density at radius 1 is 1.41 bits per heavy atom. The summed E-state index contributed by atoms with van der Waals surface area (Å²) in [5.41, 5.74) is 1.61. The van der Waals surface area contributed by atoms with Gasteiger partial charge >= 0.3 is 5.97 Å². The smallest absolute Gasteiger partial charge is 0.339 e. The van der Waals surface area contributed by atoms with Gasteiger partial charge in [0.05, 0.1) is 18.4 Å². The Bertz CT molecular complexity index is 399. The lowest BCUT2D eigenvalue weighted by Gasteiger charge is -2.32. The van der Waals surface area contributed by atoms with Gasteiger partial charge in [-0.3, -0.25) is 0 Å². The van der Waals surface area contributed by atoms with Crippen LogP contribution in [0.1, 0.15) is 29.6 Å². The highest BCUT2D eigenvalue weighted by Gasteiger charge is 2.21. The summed E-state index contributed by atoms with van der Waals surface area (Å²) < 4.78 is 4.81. The van der Waals surface area contributed by atoms with Crippen molar-refractivity contribution in [1.29, 1.82) is 0 Å². The van der Waals surface area contributed by atoms with Crippen molar-refractivity contribution >= 4 is 11.7 Å². The van der Waals surface area contributed by atoms with Gasteiger partial charge in [0.2, 0.25) is 0 Å². The number of nitrogens with zero attached hydrogens (tertiary/aromatic N) is 1. The molecule has 0 radical (unpaired) electrons. The van der Waals surface area contributed by atoms with E-state index < -0.39 is 0 Å². The van der Waals surface area contributed by atoms with E-state index in [2.05, 4.69) is 4.90 Å². The van der Waals surface area contributed by atoms with Gasteiger partial charge in [0, 0.05) is 13.6 Å². The minimum absolute atomic E-state index is 0.263. The first-order chi connectivity index (χ1) is 8.22. The van der Waals surface area contributed by atoms with E-state index in [9.17, 15) is 4.79 Å². The van der Waals surface area contributed by atoms with Gasteiger partial charge in [-0.05, 0) is 30.9 Å². The quantitative estimate of drug-likeness (QED) is 0.749. The van der Waals surface area contributed by atoms with Crippen LogP contribution in [0, 0.1) is 5.92 Å². The normalized spacial score (nSPS) is 15.2. The van der Waals surface area contributed by atoms with Crippen molar-refractivity contribution in [2.75, 3.05) is 25.6 Å². The van der Waals surface area contributed by atoms with Gasteiger partial charge in [-0.25, -0.2) is 4.79 Å². The second-order valence-corrected chi connectivity index (χ2v) is 4.69. The van der Waals surface area contributed by atoms with Crippen molar-refractivity contribution in [3.05, 3.63) is 29.8 Å². The fourth-order valence-electron chi connectivity index (χ4n) is 2.25. The number of ether oxygens (including phenoxy) is 1. The average Bonchev–Trinajstić information content (AvgIpc) is 2.32. The first-order valence-electron chi connectivity index (χ1n) is 6.11. The molecule has 0 atom stereocenters. The maximum atomic E-state index is 11.7. The van der Waals surface area contributed by atoms with E-state index in [0.29, 0.717) is 5.56 Å². The summed E-state index contributed by atoms with van der Waals surface area (Å²) >= 11 is 0. The van der Waals surface area contributed by atoms with Gasteiger partial charge in [-0.15, -0.1) is 0 Å². The average molecular weight is 233 g/mol. The molecular weight excluding hydrogens is 214 g/mol. The number of hydrogen-bond donors (Lipinski definition) is 0. The molecule has 0 amide bonds. The van der Waals surface area contributed by atoms with Crippen molar-refractivity contribution in [2.45, 2.75) is 19.3 Å². The molecule has 0 heterocycles. The number of carbonyl (C=O) groups excluding carboxylic acids is 1. The first-order valence-corrected chi connectivity index (χ1v) is 6.11. The summed E-state index contributed by atoms with van der Waals surface area (Å²) in [4.78, 5) is 13.8. The maximum Gasteiger partial charge on any atom is 0.339 e. The molecule has 3 heteroatoms. The lowest BCUT2D eigenvalue weighted by atomic mass is 9.85. The monoisotopic (exact) mass is 233 g/mol. The summed E-state index contributed by atoms with van der Waals surface area (Å²) in [6, 6.07) is 7.62. The zero-order chi connectivity index (χ0) is 12.3. The molecule has 1 aliphatic carbocycles. The number of para-hydroxylation sites is 1. The summed E-state index contributed by atoms with van der Waals surface area (Å²) in [7, 11) is 3.46. The van der Waals surface area contributed by atoms with Crippen LogP contribution in [-0.2, 0) is 4.74 Å². The Kier molecular flexibility index (Phi) is 3.67. The number of anilines is 1. The summed E-state index contributed by atoms with van der Waals surface area (Å²) in [5, 5.41) is 0. The zero-order valence-corrected chi connectivity index (χ0v) is 10.5. The largest absolute Gasteiger partial charge is 0.465 e. The number of hydrogen-bond acceptors (Lipinski definition) is 3. The molecule has 2 rings (SSSR count). The molecule has 92 valence electrons. The Morgan fingerprint density at radius 2 is 2.12 bits per heavy atom. The van der Waals surface area contributed by atoms with Crippen molar-refractivity contribution < 1.29 is 9.53 Å². The summed E-state index contributed by atoms with van der Waals surface area (Å²) in [5.74, 6) is 0.520. The Morgan fingerprint density at radius 3 is 2.71 bits per heavy atom. The van der Waals surface area contributed by atoms with Crippen LogP contribution < -0.4 is 4.90 Å². The fourth-order valence-corrected chi connectivity index (χ4v) is 2.25. The van der Waals surface area contributed by atoms with Crippen LogP contribution in [0.25, 0.3) is 0 Å². The molecule has 1 saturated carbocycles. The van der Waals surface area contributed by atoms with Crippen LogP contribution in [0.5, 0.6) is 0 Å². The Labute approximate surface area is 102 Å². The molecule has 0 spiro atoms. The van der Waals surface area contributed by atoms with Crippen LogP contribution in [0.15, 0.2) is 24.3 Å². The number of esters is 1. The number of rotatable bonds is 4. The van der Waals surface area contributed by atoms with Crippen molar-refractivity contribution in [3.63, 3.8) is 0 Å². The van der Waals surface area contributed by atoms with E-state index >= 15 is 0 Å². The third kappa shape index (κ3) is 2.60. The number of methoxy groups -OCH3 is 1. The number of carbonyl (C=O) groups is 1. The predicted octanol–water partition coefficient (Wildman–Crippen LogP) is 2.71. The van der Waals surface area contributed by atoms with E-state index in [0.717, 1.165) is 18.2 Å². The molecule has 17 heavy (non-hydrogen) atoms. The first kappa shape index (κ1) is 12.0.